The van der Waals surface area contributed by atoms with Crippen molar-refractivity contribution in [2.75, 3.05) is 54.2 Å². The van der Waals surface area contributed by atoms with Gasteiger partial charge in [-0.2, -0.15) is 0 Å². The topological polar surface area (TPSA) is 77.5 Å². The number of rotatable bonds is 12. The van der Waals surface area contributed by atoms with Gasteiger partial charge >= 0.3 is 0 Å². The smallest absolute Gasteiger partial charge is 0.254 e. The Balaban J connectivity index is 1.51. The zero-order valence-corrected chi connectivity index (χ0v) is 22.9. The first-order chi connectivity index (χ1) is 18.5. The van der Waals surface area contributed by atoms with Crippen LogP contribution in [0.5, 0.6) is 17.2 Å². The molecule has 202 valence electrons. The van der Waals surface area contributed by atoms with Gasteiger partial charge < -0.3 is 28.7 Å². The third-order valence-electron chi connectivity index (χ3n) is 6.59. The van der Waals surface area contributed by atoms with Crippen molar-refractivity contribution in [2.24, 2.45) is 0 Å². The molecule has 1 aliphatic rings. The van der Waals surface area contributed by atoms with E-state index in [4.69, 9.17) is 18.9 Å². The summed E-state index contributed by atoms with van der Waals surface area (Å²) in [6, 6.07) is 16.2. The number of nitrogens with zero attached hydrogens (tertiary/aromatic N) is 2. The predicted octanol–water partition coefficient (Wildman–Crippen LogP) is 4.45. The standard InChI is InChI=1S/C29H34N2O6S/c1-34-16-5-14-30(29(33)21-8-10-22(35-2)11-9-21)19-28(32)31-15-12-27-25(13-17-38-27)26(31)20-37-24-7-4-6-23(18-24)36-3/h4,6-11,13,17-18,26H,5,12,14-16,19-20H2,1-3H3/t26-/m0/s1. The maximum absolute atomic E-state index is 13.7. The van der Waals surface area contributed by atoms with Gasteiger partial charge in [-0.25, -0.2) is 0 Å². The molecule has 2 aromatic carbocycles. The number of ether oxygens (including phenoxy) is 4. The van der Waals surface area contributed by atoms with Crippen molar-refractivity contribution in [3.05, 3.63) is 76.0 Å². The van der Waals surface area contributed by atoms with Crippen LogP contribution in [0.3, 0.4) is 0 Å². The molecule has 38 heavy (non-hydrogen) atoms. The van der Waals surface area contributed by atoms with Gasteiger partial charge in [0.25, 0.3) is 5.91 Å². The molecule has 2 heterocycles. The van der Waals surface area contributed by atoms with E-state index in [0.29, 0.717) is 55.5 Å². The fourth-order valence-corrected chi connectivity index (χ4v) is 5.49. The summed E-state index contributed by atoms with van der Waals surface area (Å²) in [6.45, 7) is 1.76. The van der Waals surface area contributed by atoms with E-state index < -0.39 is 0 Å². The number of amides is 2. The molecule has 0 aliphatic carbocycles. The molecule has 0 unspecified atom stereocenters. The van der Waals surface area contributed by atoms with E-state index in [1.54, 1.807) is 61.8 Å². The molecule has 1 aliphatic heterocycles. The number of carbonyl (C=O) groups is 2. The fourth-order valence-electron chi connectivity index (χ4n) is 4.56. The van der Waals surface area contributed by atoms with Crippen molar-refractivity contribution in [1.29, 1.82) is 0 Å². The van der Waals surface area contributed by atoms with Crippen molar-refractivity contribution in [3.63, 3.8) is 0 Å². The van der Waals surface area contributed by atoms with E-state index in [1.165, 1.54) is 4.88 Å². The summed E-state index contributed by atoms with van der Waals surface area (Å²) in [4.78, 5) is 31.9. The molecule has 0 saturated carbocycles. The predicted molar refractivity (Wildman–Crippen MR) is 146 cm³/mol. The summed E-state index contributed by atoms with van der Waals surface area (Å²) in [5.41, 5.74) is 1.61. The van der Waals surface area contributed by atoms with Gasteiger partial charge in [-0.3, -0.25) is 9.59 Å². The number of benzene rings is 2. The molecule has 0 fully saturated rings. The van der Waals surface area contributed by atoms with Crippen LogP contribution >= 0.6 is 11.3 Å². The molecule has 3 aromatic rings. The van der Waals surface area contributed by atoms with E-state index in [-0.39, 0.29) is 24.4 Å². The van der Waals surface area contributed by atoms with Crippen LogP contribution in [0.25, 0.3) is 0 Å². The zero-order chi connectivity index (χ0) is 26.9. The molecule has 2 amide bonds. The Labute approximate surface area is 227 Å². The number of fused-ring (bicyclic) bond motifs is 1. The van der Waals surface area contributed by atoms with Crippen LogP contribution < -0.4 is 14.2 Å². The van der Waals surface area contributed by atoms with Crippen molar-refractivity contribution >= 4 is 23.2 Å². The first-order valence-corrected chi connectivity index (χ1v) is 13.5. The van der Waals surface area contributed by atoms with Crippen molar-refractivity contribution < 1.29 is 28.5 Å². The van der Waals surface area contributed by atoms with E-state index in [2.05, 4.69) is 11.4 Å². The summed E-state index contributed by atoms with van der Waals surface area (Å²) < 4.78 is 21.9. The van der Waals surface area contributed by atoms with Gasteiger partial charge in [0.15, 0.2) is 0 Å². The molecule has 4 rings (SSSR count). The molecular formula is C29H34N2O6S. The van der Waals surface area contributed by atoms with Gasteiger partial charge in [-0.15, -0.1) is 11.3 Å². The number of methoxy groups -OCH3 is 3. The zero-order valence-electron chi connectivity index (χ0n) is 22.1. The van der Waals surface area contributed by atoms with Gasteiger partial charge in [0.1, 0.15) is 30.4 Å². The minimum Gasteiger partial charge on any atom is -0.497 e. The normalized spacial score (nSPS) is 14.5. The van der Waals surface area contributed by atoms with E-state index in [1.807, 2.05) is 29.2 Å². The summed E-state index contributed by atoms with van der Waals surface area (Å²) in [5, 5.41) is 2.06. The maximum atomic E-state index is 13.7. The Morgan fingerprint density at radius 2 is 1.76 bits per heavy atom. The van der Waals surface area contributed by atoms with Crippen molar-refractivity contribution in [2.45, 2.75) is 18.9 Å². The quantitative estimate of drug-likeness (QED) is 0.317. The molecule has 0 spiro atoms. The Morgan fingerprint density at radius 1 is 1.00 bits per heavy atom. The summed E-state index contributed by atoms with van der Waals surface area (Å²) in [6.07, 6.45) is 1.41. The monoisotopic (exact) mass is 538 g/mol. The van der Waals surface area contributed by atoms with Crippen LogP contribution in [0, 0.1) is 0 Å². The molecule has 1 aromatic heterocycles. The van der Waals surface area contributed by atoms with E-state index >= 15 is 0 Å². The van der Waals surface area contributed by atoms with Gasteiger partial charge in [0, 0.05) is 43.3 Å². The molecule has 0 N–H and O–H groups in total. The molecule has 0 saturated heterocycles. The Bertz CT molecular complexity index is 1210. The third kappa shape index (κ3) is 6.65. The first kappa shape index (κ1) is 27.5. The van der Waals surface area contributed by atoms with Gasteiger partial charge in [-0.05, 0) is 66.2 Å². The van der Waals surface area contributed by atoms with Gasteiger partial charge in [0.2, 0.25) is 5.91 Å². The summed E-state index contributed by atoms with van der Waals surface area (Å²) >= 11 is 1.70. The number of hydrogen-bond donors (Lipinski definition) is 0. The molecule has 1 atom stereocenters. The Morgan fingerprint density at radius 3 is 2.50 bits per heavy atom. The number of carbonyl (C=O) groups excluding carboxylic acids is 2. The summed E-state index contributed by atoms with van der Waals surface area (Å²) in [5.74, 6) is 1.74. The van der Waals surface area contributed by atoms with E-state index in [0.717, 1.165) is 12.0 Å². The fraction of sp³-hybridized carbons (Fsp3) is 0.379. The second-order valence-corrected chi connectivity index (χ2v) is 9.94. The Hall–Kier alpha value is -3.56. The largest absolute Gasteiger partial charge is 0.497 e. The van der Waals surface area contributed by atoms with Crippen LogP contribution in [0.1, 0.15) is 33.3 Å². The van der Waals surface area contributed by atoms with Crippen molar-refractivity contribution in [1.82, 2.24) is 9.80 Å². The number of thiophene rings is 1. The highest BCUT2D eigenvalue weighted by molar-refractivity contribution is 7.10. The Kier molecular flexibility index (Phi) is 9.62. The lowest BCUT2D eigenvalue weighted by Crippen LogP contribution is -2.48. The van der Waals surface area contributed by atoms with Crippen LogP contribution in [0.4, 0.5) is 0 Å². The van der Waals surface area contributed by atoms with Crippen molar-refractivity contribution in [3.8, 4) is 17.2 Å². The SMILES string of the molecule is COCCCN(CC(=O)N1CCc2sccc2[C@@H]1COc1cccc(OC)c1)C(=O)c1ccc(OC)cc1. The van der Waals surface area contributed by atoms with Crippen LogP contribution in [0.2, 0.25) is 0 Å². The second-order valence-electron chi connectivity index (χ2n) is 8.94. The summed E-state index contributed by atoms with van der Waals surface area (Å²) in [7, 11) is 4.82. The lowest BCUT2D eigenvalue weighted by atomic mass is 10.0. The van der Waals surface area contributed by atoms with Gasteiger partial charge in [-0.1, -0.05) is 6.07 Å². The second kappa shape index (κ2) is 13.3. The first-order valence-electron chi connectivity index (χ1n) is 12.6. The van der Waals surface area contributed by atoms with E-state index in [9.17, 15) is 9.59 Å². The highest BCUT2D eigenvalue weighted by Gasteiger charge is 2.33. The highest BCUT2D eigenvalue weighted by Crippen LogP contribution is 2.34. The third-order valence-corrected chi connectivity index (χ3v) is 7.59. The maximum Gasteiger partial charge on any atom is 0.254 e. The average molecular weight is 539 g/mol. The van der Waals surface area contributed by atoms with Crippen LogP contribution in [0.15, 0.2) is 60.0 Å². The lowest BCUT2D eigenvalue weighted by Gasteiger charge is -2.37. The minimum atomic E-state index is -0.249. The van der Waals surface area contributed by atoms with Crippen LogP contribution in [-0.4, -0.2) is 75.8 Å². The average Bonchev–Trinajstić information content (AvgIpc) is 3.44. The van der Waals surface area contributed by atoms with Gasteiger partial charge in [0.05, 0.1) is 20.3 Å². The van der Waals surface area contributed by atoms with Crippen LogP contribution in [-0.2, 0) is 16.0 Å². The lowest BCUT2D eigenvalue weighted by molar-refractivity contribution is -0.135. The highest BCUT2D eigenvalue weighted by atomic mass is 32.1. The minimum absolute atomic E-state index is 0.0241. The molecular weight excluding hydrogens is 504 g/mol. The molecule has 0 bridgehead atoms. The molecule has 0 radical (unpaired) electrons. The number of hydrogen-bond acceptors (Lipinski definition) is 7. The molecule has 9 heteroatoms. The molecule has 8 nitrogen and oxygen atoms in total.